The molecule has 108 valence electrons. The normalized spacial score (nSPS) is 12.3. The van der Waals surface area contributed by atoms with Crippen LogP contribution in [0.3, 0.4) is 0 Å². The second-order valence-corrected chi connectivity index (χ2v) is 5.32. The van der Waals surface area contributed by atoms with Crippen molar-refractivity contribution in [1.82, 2.24) is 14.8 Å². The van der Waals surface area contributed by atoms with Gasteiger partial charge in [0.05, 0.1) is 17.7 Å². The first-order chi connectivity index (χ1) is 8.82. The summed E-state index contributed by atoms with van der Waals surface area (Å²) in [6.07, 6.45) is 0.131. The van der Waals surface area contributed by atoms with E-state index in [-0.39, 0.29) is 6.03 Å². The first-order valence-electron chi connectivity index (χ1n) is 5.99. The van der Waals surface area contributed by atoms with Gasteiger partial charge < -0.3 is 19.9 Å². The van der Waals surface area contributed by atoms with Crippen molar-refractivity contribution in [1.29, 1.82) is 0 Å². The molecule has 1 aromatic heterocycles. The van der Waals surface area contributed by atoms with Crippen LogP contribution in [0.1, 0.15) is 19.0 Å². The number of halogens is 2. The highest BCUT2D eigenvalue weighted by Gasteiger charge is 2.12. The summed E-state index contributed by atoms with van der Waals surface area (Å²) in [6, 6.07) is 1.52. The van der Waals surface area contributed by atoms with Gasteiger partial charge in [-0.2, -0.15) is 0 Å². The van der Waals surface area contributed by atoms with Crippen molar-refractivity contribution in [3.63, 3.8) is 0 Å². The molecule has 7 heteroatoms. The molecule has 2 N–H and O–H groups in total. The number of rotatable bonds is 5. The van der Waals surface area contributed by atoms with Crippen LogP contribution in [0.5, 0.6) is 0 Å². The molecule has 0 spiro atoms. The van der Waals surface area contributed by atoms with Crippen molar-refractivity contribution < 1.29 is 9.90 Å². The molecule has 0 aromatic carbocycles. The fourth-order valence-corrected chi connectivity index (χ4v) is 1.96. The number of hydrogen-bond donors (Lipinski definition) is 2. The highest BCUT2D eigenvalue weighted by molar-refractivity contribution is 6.41. The number of hydrogen-bond acceptors (Lipinski definition) is 2. The molecule has 0 aliphatic heterocycles. The third-order valence-electron chi connectivity index (χ3n) is 2.87. The molecule has 1 atom stereocenters. The largest absolute Gasteiger partial charge is 0.393 e. The van der Waals surface area contributed by atoms with Crippen molar-refractivity contribution >= 4 is 29.2 Å². The molecular weight excluding hydrogens is 289 g/mol. The smallest absolute Gasteiger partial charge is 0.317 e. The molecule has 19 heavy (non-hydrogen) atoms. The lowest BCUT2D eigenvalue weighted by molar-refractivity contribution is 0.163. The van der Waals surface area contributed by atoms with E-state index in [9.17, 15) is 4.79 Å². The molecule has 0 radical (unpaired) electrons. The van der Waals surface area contributed by atoms with Gasteiger partial charge in [0.2, 0.25) is 0 Å². The summed E-state index contributed by atoms with van der Waals surface area (Å²) >= 11 is 11.8. The van der Waals surface area contributed by atoms with E-state index in [2.05, 4.69) is 5.32 Å². The van der Waals surface area contributed by atoms with Gasteiger partial charge in [0.15, 0.2) is 0 Å². The number of aliphatic hydroxyl groups excluding tert-OH is 1. The van der Waals surface area contributed by atoms with Gasteiger partial charge in [-0.05, 0) is 19.4 Å². The lowest BCUT2D eigenvalue weighted by atomic mass is 10.3. The summed E-state index contributed by atoms with van der Waals surface area (Å²) < 4.78 is 1.72. The number of nitrogens with one attached hydrogen (secondary N) is 1. The van der Waals surface area contributed by atoms with Crippen LogP contribution in [0.2, 0.25) is 10.2 Å². The molecule has 1 heterocycles. The van der Waals surface area contributed by atoms with Crippen LogP contribution in [0.15, 0.2) is 6.07 Å². The summed E-state index contributed by atoms with van der Waals surface area (Å²) in [4.78, 5) is 13.3. The van der Waals surface area contributed by atoms with E-state index in [1.807, 2.05) is 0 Å². The molecule has 1 unspecified atom stereocenters. The third-order valence-corrected chi connectivity index (χ3v) is 3.71. The molecule has 5 nitrogen and oxygen atoms in total. The topological polar surface area (TPSA) is 57.5 Å². The number of carbonyl (C=O) groups excluding carboxylic acids is 1. The van der Waals surface area contributed by atoms with Crippen molar-refractivity contribution in [3.8, 4) is 0 Å². The predicted molar refractivity (Wildman–Crippen MR) is 76.6 cm³/mol. The predicted octanol–water partition coefficient (Wildman–Crippen LogP) is 2.24. The highest BCUT2D eigenvalue weighted by Crippen LogP contribution is 2.24. The average molecular weight is 308 g/mol. The molecule has 0 saturated carbocycles. The fraction of sp³-hybridized carbons (Fsp3) is 0.583. The lowest BCUT2D eigenvalue weighted by Gasteiger charge is -2.18. The minimum Gasteiger partial charge on any atom is -0.393 e. The first-order valence-corrected chi connectivity index (χ1v) is 6.75. The molecule has 1 aromatic rings. The Labute approximate surface area is 123 Å². The number of nitrogens with zero attached hydrogens (tertiary/aromatic N) is 2. The lowest BCUT2D eigenvalue weighted by Crippen LogP contribution is -2.38. The molecule has 0 bridgehead atoms. The maximum Gasteiger partial charge on any atom is 0.317 e. The van der Waals surface area contributed by atoms with Crippen LogP contribution < -0.4 is 5.32 Å². The van der Waals surface area contributed by atoms with E-state index in [1.54, 1.807) is 31.7 Å². The minimum absolute atomic E-state index is 0.200. The van der Waals surface area contributed by atoms with Crippen molar-refractivity contribution in [2.75, 3.05) is 13.6 Å². The van der Waals surface area contributed by atoms with Gasteiger partial charge in [0.1, 0.15) is 5.15 Å². The zero-order valence-electron chi connectivity index (χ0n) is 11.3. The Balaban J connectivity index is 2.47. The maximum atomic E-state index is 11.8. The van der Waals surface area contributed by atoms with E-state index in [4.69, 9.17) is 28.3 Å². The van der Waals surface area contributed by atoms with Crippen molar-refractivity contribution in [3.05, 3.63) is 21.9 Å². The van der Waals surface area contributed by atoms with Crippen molar-refractivity contribution in [2.45, 2.75) is 26.0 Å². The average Bonchev–Trinajstić information content (AvgIpc) is 2.60. The van der Waals surface area contributed by atoms with E-state index < -0.39 is 6.10 Å². The molecule has 0 fully saturated rings. The monoisotopic (exact) mass is 307 g/mol. The summed E-state index contributed by atoms with van der Waals surface area (Å²) in [6.45, 7) is 2.54. The maximum absolute atomic E-state index is 11.8. The quantitative estimate of drug-likeness (QED) is 0.876. The summed E-state index contributed by atoms with van der Waals surface area (Å²) in [7, 11) is 3.47. The Bertz CT molecular complexity index is 446. The standard InChI is InChI=1S/C12H19Cl2N3O2/c1-8(18)4-5-16(2)12(19)15-7-9-6-10(13)11(14)17(9)3/h6,8,18H,4-5,7H2,1-3H3,(H,15,19). The van der Waals surface area contributed by atoms with Gasteiger partial charge in [-0.25, -0.2) is 4.79 Å². The van der Waals surface area contributed by atoms with Crippen LogP contribution in [-0.2, 0) is 13.6 Å². The summed E-state index contributed by atoms with van der Waals surface area (Å²) in [5.41, 5.74) is 0.826. The zero-order valence-corrected chi connectivity index (χ0v) is 12.8. The van der Waals surface area contributed by atoms with Crippen LogP contribution in [0, 0.1) is 0 Å². The van der Waals surface area contributed by atoms with Gasteiger partial charge in [0.25, 0.3) is 0 Å². The molecule has 2 amide bonds. The SMILES string of the molecule is CC(O)CCN(C)C(=O)NCc1cc(Cl)c(Cl)n1C. The van der Waals surface area contributed by atoms with E-state index in [0.29, 0.717) is 29.7 Å². The summed E-state index contributed by atoms with van der Waals surface area (Å²) in [5, 5.41) is 12.9. The zero-order chi connectivity index (χ0) is 14.6. The van der Waals surface area contributed by atoms with Gasteiger partial charge in [-0.3, -0.25) is 0 Å². The molecule has 0 saturated heterocycles. The number of carbonyl (C=O) groups is 1. The van der Waals surface area contributed by atoms with E-state index in [0.717, 1.165) is 5.69 Å². The summed E-state index contributed by atoms with van der Waals surface area (Å²) in [5.74, 6) is 0. The highest BCUT2D eigenvalue weighted by atomic mass is 35.5. The first kappa shape index (κ1) is 16.1. The van der Waals surface area contributed by atoms with Crippen molar-refractivity contribution in [2.24, 2.45) is 7.05 Å². The molecule has 0 aliphatic carbocycles. The van der Waals surface area contributed by atoms with Gasteiger partial charge in [0, 0.05) is 26.3 Å². The minimum atomic E-state index is -0.416. The molecule has 1 rings (SSSR count). The van der Waals surface area contributed by atoms with Gasteiger partial charge in [-0.15, -0.1) is 0 Å². The van der Waals surface area contributed by atoms with Crippen LogP contribution in [-0.4, -0.2) is 40.3 Å². The Kier molecular flexibility index (Phi) is 5.97. The molecule has 0 aliphatic rings. The van der Waals surface area contributed by atoms with Crippen LogP contribution in [0.25, 0.3) is 0 Å². The van der Waals surface area contributed by atoms with Gasteiger partial charge in [-0.1, -0.05) is 23.2 Å². The number of aliphatic hydroxyl groups is 1. The third kappa shape index (κ3) is 4.60. The van der Waals surface area contributed by atoms with Crippen LogP contribution >= 0.6 is 23.2 Å². The van der Waals surface area contributed by atoms with E-state index >= 15 is 0 Å². The van der Waals surface area contributed by atoms with Gasteiger partial charge >= 0.3 is 6.03 Å². The second kappa shape index (κ2) is 7.03. The Morgan fingerprint density at radius 1 is 1.58 bits per heavy atom. The molecular formula is C12H19Cl2N3O2. The Morgan fingerprint density at radius 3 is 2.68 bits per heavy atom. The van der Waals surface area contributed by atoms with Crippen LogP contribution in [0.4, 0.5) is 4.79 Å². The Hall–Kier alpha value is -0.910. The Morgan fingerprint density at radius 2 is 2.21 bits per heavy atom. The number of aromatic nitrogens is 1. The second-order valence-electron chi connectivity index (χ2n) is 4.55. The number of amides is 2. The fourth-order valence-electron chi connectivity index (χ4n) is 1.54. The van der Waals surface area contributed by atoms with E-state index in [1.165, 1.54) is 4.90 Å². The number of urea groups is 1.